The summed E-state index contributed by atoms with van der Waals surface area (Å²) in [4.78, 5) is 14.9. The Kier molecular flexibility index (Phi) is 7.70. The number of aromatic nitrogens is 4. The molecule has 0 saturated carbocycles. The van der Waals surface area contributed by atoms with Crippen molar-refractivity contribution in [3.8, 4) is 51.0 Å². The number of nitrogens with zero attached hydrogens (tertiary/aromatic N) is 4. The van der Waals surface area contributed by atoms with Crippen LogP contribution in [-0.2, 0) is 0 Å². The minimum atomic E-state index is 0.175. The van der Waals surface area contributed by atoms with Gasteiger partial charge in [0.05, 0.1) is 22.3 Å². The van der Waals surface area contributed by atoms with Gasteiger partial charge >= 0.3 is 0 Å². The number of benzene rings is 7. The Morgan fingerprint density at radius 1 is 0.400 bits per heavy atom. The van der Waals surface area contributed by atoms with E-state index in [0.717, 1.165) is 60.5 Å². The molecule has 0 unspecified atom stereocenters. The van der Waals surface area contributed by atoms with E-state index in [2.05, 4.69) is 41.0 Å². The van der Waals surface area contributed by atoms with Crippen LogP contribution in [-0.4, -0.2) is 58.8 Å². The molecule has 0 amide bonds. The maximum Gasteiger partial charge on any atom is 0.167 e. The highest BCUT2D eigenvalue weighted by atomic mass is 16.3. The van der Waals surface area contributed by atoms with Crippen molar-refractivity contribution in [2.75, 3.05) is 0 Å². The molecule has 244 valence electrons. The van der Waals surface area contributed by atoms with Crippen molar-refractivity contribution < 1.29 is 4.42 Å². The molecule has 3 aromatic heterocycles. The van der Waals surface area contributed by atoms with E-state index in [4.69, 9.17) is 58.6 Å². The first-order valence-electron chi connectivity index (χ1n) is 17.7. The SMILES string of the molecule is [B]c1c([B])c([B])c(-c2cccc3c2c2ccccc2n3-c2cccc3c2oc2c(-c4nc(-c5ccccc5)nc(-c5ccccc5)n4)cccc23)c([B])c1[B]. The van der Waals surface area contributed by atoms with E-state index in [-0.39, 0.29) is 27.3 Å². The Bertz CT molecular complexity index is 3070. The molecule has 0 bridgehead atoms. The molecule has 0 spiro atoms. The molecule has 55 heavy (non-hydrogen) atoms. The monoisotopic (exact) mass is 690 g/mol. The highest BCUT2D eigenvalue weighted by Crippen LogP contribution is 2.42. The largest absolute Gasteiger partial charge is 0.453 e. The van der Waals surface area contributed by atoms with Crippen molar-refractivity contribution in [2.45, 2.75) is 0 Å². The molecule has 10 rings (SSSR count). The molecule has 0 aliphatic rings. The number of hydrogen-bond acceptors (Lipinski definition) is 4. The van der Waals surface area contributed by atoms with Crippen molar-refractivity contribution in [1.29, 1.82) is 0 Å². The van der Waals surface area contributed by atoms with Crippen molar-refractivity contribution in [3.05, 3.63) is 140 Å². The summed E-state index contributed by atoms with van der Waals surface area (Å²) < 4.78 is 9.18. The van der Waals surface area contributed by atoms with E-state index < -0.39 is 0 Å². The molecule has 10 aromatic rings. The Morgan fingerprint density at radius 2 is 0.891 bits per heavy atom. The summed E-state index contributed by atoms with van der Waals surface area (Å²) >= 11 is 0. The molecule has 0 N–H and O–H groups in total. The van der Waals surface area contributed by atoms with Crippen LogP contribution in [0.15, 0.2) is 144 Å². The van der Waals surface area contributed by atoms with Gasteiger partial charge < -0.3 is 8.98 Å². The van der Waals surface area contributed by atoms with E-state index in [1.165, 1.54) is 0 Å². The van der Waals surface area contributed by atoms with Gasteiger partial charge in [0, 0.05) is 32.7 Å². The Hall–Kier alpha value is -6.53. The first-order chi connectivity index (χ1) is 26.9. The van der Waals surface area contributed by atoms with Crippen LogP contribution < -0.4 is 27.3 Å². The molecule has 0 aliphatic heterocycles. The van der Waals surface area contributed by atoms with Crippen LogP contribution in [0.2, 0.25) is 0 Å². The molecule has 10 radical (unpaired) electrons. The van der Waals surface area contributed by atoms with Crippen LogP contribution in [0, 0.1) is 0 Å². The van der Waals surface area contributed by atoms with Gasteiger partial charge in [-0.25, -0.2) is 15.0 Å². The van der Waals surface area contributed by atoms with Gasteiger partial charge in [0.15, 0.2) is 23.1 Å². The second-order valence-corrected chi connectivity index (χ2v) is 13.5. The zero-order valence-electron chi connectivity index (χ0n) is 29.4. The van der Waals surface area contributed by atoms with Crippen LogP contribution >= 0.6 is 0 Å². The van der Waals surface area contributed by atoms with Crippen molar-refractivity contribution in [1.82, 2.24) is 19.5 Å². The fourth-order valence-electron chi connectivity index (χ4n) is 7.71. The van der Waals surface area contributed by atoms with E-state index in [1.54, 1.807) is 0 Å². The maximum absolute atomic E-state index is 6.97. The third-order valence-corrected chi connectivity index (χ3v) is 10.4. The highest BCUT2D eigenvalue weighted by molar-refractivity contribution is 6.69. The molecule has 0 fully saturated rings. The summed E-state index contributed by atoms with van der Waals surface area (Å²) in [6.07, 6.45) is 0. The van der Waals surface area contributed by atoms with Gasteiger partial charge in [0.2, 0.25) is 0 Å². The Balaban J connectivity index is 1.23. The first kappa shape index (κ1) is 33.1. The van der Waals surface area contributed by atoms with Crippen LogP contribution in [0.3, 0.4) is 0 Å². The predicted octanol–water partition coefficient (Wildman–Crippen LogP) is 5.51. The molecular formula is C45H23B5N4O. The standard InChI is InChI=1S/C45H23B5N4O/c46-36-35(37(47)39(49)40(50)38(36)48)29-19-11-22-32-34(29)28-16-7-8-21-31(28)54(32)33-23-10-18-27-26-17-9-20-30(41(26)55-42(27)33)45-52-43(24-12-3-1-4-13-24)51-44(53-45)25-14-5-2-6-15-25/h1-23H. The fraction of sp³-hybridized carbons (Fsp3) is 0. The van der Waals surface area contributed by atoms with E-state index in [1.807, 2.05) is 103 Å². The fourth-order valence-corrected chi connectivity index (χ4v) is 7.71. The first-order valence-corrected chi connectivity index (χ1v) is 17.7. The maximum atomic E-state index is 6.97. The lowest BCUT2D eigenvalue weighted by Crippen LogP contribution is -2.55. The minimum Gasteiger partial charge on any atom is -0.453 e. The summed E-state index contributed by atoms with van der Waals surface area (Å²) in [7, 11) is 32.1. The molecule has 3 heterocycles. The number of hydrogen-bond donors (Lipinski definition) is 0. The van der Waals surface area contributed by atoms with Crippen molar-refractivity contribution >= 4 is 110 Å². The van der Waals surface area contributed by atoms with E-state index in [9.17, 15) is 0 Å². The summed E-state index contributed by atoms with van der Waals surface area (Å²) in [5.74, 6) is 1.66. The van der Waals surface area contributed by atoms with Crippen LogP contribution in [0.1, 0.15) is 0 Å². The lowest BCUT2D eigenvalue weighted by molar-refractivity contribution is 0.667. The number of para-hydroxylation sites is 3. The predicted molar refractivity (Wildman–Crippen MR) is 230 cm³/mol. The number of fused-ring (bicyclic) bond motifs is 6. The third kappa shape index (κ3) is 5.12. The zero-order chi connectivity index (χ0) is 37.4. The molecule has 0 aliphatic carbocycles. The summed E-state index contributed by atoms with van der Waals surface area (Å²) in [5.41, 5.74) is 9.13. The molecule has 10 heteroatoms. The second kappa shape index (κ2) is 12.8. The van der Waals surface area contributed by atoms with Gasteiger partial charge in [-0.1, -0.05) is 126 Å². The zero-order valence-corrected chi connectivity index (χ0v) is 29.4. The average molecular weight is 690 g/mol. The summed E-state index contributed by atoms with van der Waals surface area (Å²) in [6, 6.07) is 46.3. The Labute approximate surface area is 323 Å². The topological polar surface area (TPSA) is 56.7 Å². The van der Waals surface area contributed by atoms with Crippen LogP contribution in [0.25, 0.3) is 94.7 Å². The van der Waals surface area contributed by atoms with Crippen LogP contribution in [0.4, 0.5) is 0 Å². The van der Waals surface area contributed by atoms with Gasteiger partial charge in [-0.15, -0.1) is 16.4 Å². The lowest BCUT2D eigenvalue weighted by atomic mass is 9.59. The smallest absolute Gasteiger partial charge is 0.167 e. The van der Waals surface area contributed by atoms with Crippen LogP contribution in [0.5, 0.6) is 0 Å². The quantitative estimate of drug-likeness (QED) is 0.224. The third-order valence-electron chi connectivity index (χ3n) is 10.4. The molecular weight excluding hydrogens is 667 g/mol. The van der Waals surface area contributed by atoms with Gasteiger partial charge in [0.1, 0.15) is 44.8 Å². The molecule has 5 nitrogen and oxygen atoms in total. The van der Waals surface area contributed by atoms with Crippen molar-refractivity contribution in [3.63, 3.8) is 0 Å². The van der Waals surface area contributed by atoms with Gasteiger partial charge in [0.25, 0.3) is 0 Å². The van der Waals surface area contributed by atoms with E-state index in [0.29, 0.717) is 34.2 Å². The second-order valence-electron chi connectivity index (χ2n) is 13.5. The van der Waals surface area contributed by atoms with E-state index >= 15 is 0 Å². The normalized spacial score (nSPS) is 11.6. The lowest BCUT2D eigenvalue weighted by Gasteiger charge is -2.22. The number of rotatable bonds is 5. The average Bonchev–Trinajstić information content (AvgIpc) is 3.79. The summed E-state index contributed by atoms with van der Waals surface area (Å²) in [6.45, 7) is 0. The highest BCUT2D eigenvalue weighted by Gasteiger charge is 2.23. The molecule has 0 atom stereocenters. The molecule has 0 saturated heterocycles. The van der Waals surface area contributed by atoms with Gasteiger partial charge in [-0.3, -0.25) is 0 Å². The summed E-state index contributed by atoms with van der Waals surface area (Å²) in [5, 5.41) is 3.81. The molecule has 7 aromatic carbocycles. The van der Waals surface area contributed by atoms with Gasteiger partial charge in [-0.05, 0) is 35.4 Å². The Morgan fingerprint density at radius 3 is 1.56 bits per heavy atom. The van der Waals surface area contributed by atoms with Gasteiger partial charge in [-0.2, -0.15) is 0 Å². The van der Waals surface area contributed by atoms with Crippen molar-refractivity contribution in [2.24, 2.45) is 0 Å². The minimum absolute atomic E-state index is 0.175. The number of furan rings is 1.